The molecular weight excluding hydrogens is 454 g/mol. The van der Waals surface area contributed by atoms with Crippen LogP contribution in [-0.4, -0.2) is 76.9 Å². The van der Waals surface area contributed by atoms with Crippen molar-refractivity contribution >= 4 is 29.6 Å². The maximum Gasteiger partial charge on any atom is 0.326 e. The molecule has 2 saturated heterocycles. The molecule has 6 N–H and O–H groups in total. The van der Waals surface area contributed by atoms with Gasteiger partial charge in [0.2, 0.25) is 23.6 Å². The topological polar surface area (TPSA) is 171 Å². The van der Waals surface area contributed by atoms with Crippen molar-refractivity contribution in [3.8, 4) is 0 Å². The number of hydrogen-bond donors (Lipinski definition) is 5. The second-order valence-electron chi connectivity index (χ2n) is 8.99. The third-order valence-corrected chi connectivity index (χ3v) is 6.41. The minimum Gasteiger partial charge on any atom is -0.480 e. The lowest BCUT2D eigenvalue weighted by Gasteiger charge is -2.30. The Morgan fingerprint density at radius 1 is 1.03 bits per heavy atom. The summed E-state index contributed by atoms with van der Waals surface area (Å²) in [6.45, 7) is 1.06. The number of nitrogens with zero attached hydrogens (tertiary/aromatic N) is 1. The summed E-state index contributed by atoms with van der Waals surface area (Å²) in [7, 11) is 0. The van der Waals surface area contributed by atoms with Crippen LogP contribution in [0.15, 0.2) is 30.3 Å². The van der Waals surface area contributed by atoms with Gasteiger partial charge in [-0.25, -0.2) is 4.79 Å². The maximum absolute atomic E-state index is 13.6. The van der Waals surface area contributed by atoms with Gasteiger partial charge in [0.1, 0.15) is 18.1 Å². The lowest BCUT2D eigenvalue weighted by Crippen LogP contribution is -2.57. The van der Waals surface area contributed by atoms with E-state index in [0.717, 1.165) is 18.5 Å². The number of benzene rings is 1. The van der Waals surface area contributed by atoms with Crippen molar-refractivity contribution < 1.29 is 29.1 Å². The van der Waals surface area contributed by atoms with Crippen LogP contribution in [0, 0.1) is 0 Å². The van der Waals surface area contributed by atoms with Crippen molar-refractivity contribution in [3.05, 3.63) is 35.9 Å². The molecule has 11 nitrogen and oxygen atoms in total. The molecule has 3 rings (SSSR count). The molecule has 0 spiro atoms. The van der Waals surface area contributed by atoms with Crippen LogP contribution in [0.2, 0.25) is 0 Å². The third kappa shape index (κ3) is 7.25. The van der Waals surface area contributed by atoms with Gasteiger partial charge >= 0.3 is 5.97 Å². The molecule has 35 heavy (non-hydrogen) atoms. The number of hydrogen-bond acceptors (Lipinski definition) is 6. The lowest BCUT2D eigenvalue weighted by atomic mass is 10.0. The lowest BCUT2D eigenvalue weighted by molar-refractivity contribution is -0.145. The van der Waals surface area contributed by atoms with Crippen molar-refractivity contribution in [3.63, 3.8) is 0 Å². The highest BCUT2D eigenvalue weighted by molar-refractivity contribution is 5.94. The molecule has 11 heteroatoms. The molecule has 2 fully saturated rings. The SMILES string of the molecule is NC(=O)CCC(NC(=O)C1CCCN1C(=O)C(Cc1ccccc1)NC(=O)C1CCCN1)C(=O)O. The molecule has 0 aromatic heterocycles. The number of amides is 4. The van der Waals surface area contributed by atoms with E-state index in [0.29, 0.717) is 25.8 Å². The number of carboxylic acid groups (broad SMARTS) is 1. The molecular formula is C24H33N5O6. The predicted octanol–water partition coefficient (Wildman–Crippen LogP) is -0.708. The first-order valence-corrected chi connectivity index (χ1v) is 12.0. The number of carbonyl (C=O) groups is 5. The van der Waals surface area contributed by atoms with Gasteiger partial charge in [-0.3, -0.25) is 19.2 Å². The van der Waals surface area contributed by atoms with Gasteiger partial charge in [-0.15, -0.1) is 0 Å². The monoisotopic (exact) mass is 487 g/mol. The van der Waals surface area contributed by atoms with Gasteiger partial charge in [0.25, 0.3) is 0 Å². The van der Waals surface area contributed by atoms with E-state index >= 15 is 0 Å². The number of nitrogens with two attached hydrogens (primary N) is 1. The second-order valence-corrected chi connectivity index (χ2v) is 8.99. The largest absolute Gasteiger partial charge is 0.480 e. The fourth-order valence-corrected chi connectivity index (χ4v) is 4.55. The van der Waals surface area contributed by atoms with Crippen molar-refractivity contribution in [1.29, 1.82) is 0 Å². The third-order valence-electron chi connectivity index (χ3n) is 6.41. The van der Waals surface area contributed by atoms with Gasteiger partial charge in [0.05, 0.1) is 6.04 Å². The molecule has 4 atom stereocenters. The Kier molecular flexibility index (Phi) is 9.18. The van der Waals surface area contributed by atoms with Crippen LogP contribution in [0.25, 0.3) is 0 Å². The second kappa shape index (κ2) is 12.3. The Bertz CT molecular complexity index is 934. The van der Waals surface area contributed by atoms with Crippen LogP contribution in [0.5, 0.6) is 0 Å². The Morgan fingerprint density at radius 3 is 2.37 bits per heavy atom. The summed E-state index contributed by atoms with van der Waals surface area (Å²) in [6.07, 6.45) is 2.44. The van der Waals surface area contributed by atoms with Crippen LogP contribution in [0.4, 0.5) is 0 Å². The van der Waals surface area contributed by atoms with Crippen LogP contribution >= 0.6 is 0 Å². The van der Waals surface area contributed by atoms with E-state index in [1.807, 2.05) is 30.3 Å². The quantitative estimate of drug-likeness (QED) is 0.274. The first-order chi connectivity index (χ1) is 16.8. The molecule has 0 radical (unpaired) electrons. The fraction of sp³-hybridized carbons (Fsp3) is 0.542. The summed E-state index contributed by atoms with van der Waals surface area (Å²) in [5.41, 5.74) is 5.96. The van der Waals surface area contributed by atoms with Crippen molar-refractivity contribution in [1.82, 2.24) is 20.9 Å². The summed E-state index contributed by atoms with van der Waals surface area (Å²) < 4.78 is 0. The van der Waals surface area contributed by atoms with E-state index in [2.05, 4.69) is 16.0 Å². The Labute approximate surface area is 203 Å². The molecule has 1 aromatic rings. The molecule has 190 valence electrons. The fourth-order valence-electron chi connectivity index (χ4n) is 4.55. The normalized spacial score (nSPS) is 21.2. The highest BCUT2D eigenvalue weighted by Gasteiger charge is 2.39. The van der Waals surface area contributed by atoms with Gasteiger partial charge in [-0.05, 0) is 44.2 Å². The molecule has 2 heterocycles. The van der Waals surface area contributed by atoms with Gasteiger partial charge in [0, 0.05) is 19.4 Å². The van der Waals surface area contributed by atoms with Crippen molar-refractivity contribution in [2.45, 2.75) is 69.1 Å². The summed E-state index contributed by atoms with van der Waals surface area (Å²) in [4.78, 5) is 63.3. The summed E-state index contributed by atoms with van der Waals surface area (Å²) >= 11 is 0. The Balaban J connectivity index is 1.73. The highest BCUT2D eigenvalue weighted by Crippen LogP contribution is 2.20. The Hall–Kier alpha value is -3.47. The molecule has 0 bridgehead atoms. The molecule has 0 aliphatic carbocycles. The first-order valence-electron chi connectivity index (χ1n) is 12.0. The summed E-state index contributed by atoms with van der Waals surface area (Å²) in [6, 6.07) is 5.90. The summed E-state index contributed by atoms with van der Waals surface area (Å²) in [5.74, 6) is -3.20. The number of aliphatic carboxylic acids is 1. The zero-order valence-electron chi connectivity index (χ0n) is 19.6. The number of nitrogens with one attached hydrogen (secondary N) is 3. The summed E-state index contributed by atoms with van der Waals surface area (Å²) in [5, 5.41) is 17.8. The smallest absolute Gasteiger partial charge is 0.326 e. The van der Waals surface area contributed by atoms with Gasteiger partial charge in [-0.2, -0.15) is 0 Å². The molecule has 0 saturated carbocycles. The number of carbonyl (C=O) groups excluding carboxylic acids is 4. The highest BCUT2D eigenvalue weighted by atomic mass is 16.4. The minimum absolute atomic E-state index is 0.141. The van der Waals surface area contributed by atoms with Crippen LogP contribution in [0.1, 0.15) is 44.1 Å². The maximum atomic E-state index is 13.6. The van der Waals surface area contributed by atoms with E-state index in [4.69, 9.17) is 5.73 Å². The van der Waals surface area contributed by atoms with E-state index in [1.54, 1.807) is 0 Å². The van der Waals surface area contributed by atoms with Crippen LogP contribution < -0.4 is 21.7 Å². The average molecular weight is 488 g/mol. The van der Waals surface area contributed by atoms with Crippen molar-refractivity contribution in [2.75, 3.05) is 13.1 Å². The van der Waals surface area contributed by atoms with E-state index < -0.39 is 35.9 Å². The average Bonchev–Trinajstić information content (AvgIpc) is 3.53. The standard InChI is InChI=1S/C24H33N5O6/c25-20(30)11-10-17(24(34)35)27-22(32)19-9-5-13-29(19)23(33)18(14-15-6-2-1-3-7-15)28-21(31)16-8-4-12-26-16/h1-3,6-7,16-19,26H,4-5,8-14H2,(H2,25,30)(H,27,32)(H,28,31)(H,34,35). The molecule has 4 amide bonds. The zero-order chi connectivity index (χ0) is 25.4. The van der Waals surface area contributed by atoms with Gasteiger partial charge in [-0.1, -0.05) is 30.3 Å². The molecule has 4 unspecified atom stereocenters. The zero-order valence-corrected chi connectivity index (χ0v) is 19.6. The first kappa shape index (κ1) is 26.1. The number of likely N-dealkylation sites (tertiary alicyclic amines) is 1. The molecule has 2 aliphatic rings. The number of carboxylic acids is 1. The van der Waals surface area contributed by atoms with Crippen molar-refractivity contribution in [2.24, 2.45) is 5.73 Å². The van der Waals surface area contributed by atoms with Crippen LogP contribution in [-0.2, 0) is 30.4 Å². The Morgan fingerprint density at radius 2 is 1.74 bits per heavy atom. The van der Waals surface area contributed by atoms with E-state index in [-0.39, 0.29) is 37.1 Å². The van der Waals surface area contributed by atoms with Gasteiger partial charge in [0.15, 0.2) is 0 Å². The van der Waals surface area contributed by atoms with E-state index in [9.17, 15) is 29.1 Å². The molecule has 1 aromatic carbocycles. The molecule has 2 aliphatic heterocycles. The van der Waals surface area contributed by atoms with Gasteiger partial charge < -0.3 is 31.7 Å². The van der Waals surface area contributed by atoms with Crippen LogP contribution in [0.3, 0.4) is 0 Å². The predicted molar refractivity (Wildman–Crippen MR) is 126 cm³/mol. The number of rotatable bonds is 11. The number of primary amides is 1. The minimum atomic E-state index is -1.29. The van der Waals surface area contributed by atoms with E-state index in [1.165, 1.54) is 4.90 Å².